The number of hydrogen-bond acceptors (Lipinski definition) is 5. The number of piperazine rings is 1. The Balaban J connectivity index is 2.03. The smallest absolute Gasteiger partial charge is 0.409 e. The summed E-state index contributed by atoms with van der Waals surface area (Å²) in [4.78, 5) is 29.1. The highest BCUT2D eigenvalue weighted by Gasteiger charge is 2.32. The number of pyridine rings is 1. The van der Waals surface area contributed by atoms with Crippen LogP contribution in [0.25, 0.3) is 0 Å². The molecule has 1 aliphatic heterocycles. The molecular weight excluding hydrogens is 406 g/mol. The van der Waals surface area contributed by atoms with Gasteiger partial charge in [0.25, 0.3) is 5.56 Å². The number of aromatic nitrogens is 1. The molecule has 0 spiro atoms. The van der Waals surface area contributed by atoms with Crippen molar-refractivity contribution in [1.82, 2.24) is 14.4 Å². The lowest BCUT2D eigenvalue weighted by molar-refractivity contribution is 0.0709. The molecule has 0 unspecified atom stereocenters. The van der Waals surface area contributed by atoms with E-state index in [0.717, 1.165) is 5.56 Å². The Labute approximate surface area is 181 Å². The van der Waals surface area contributed by atoms with Gasteiger partial charge in [-0.05, 0) is 44.5 Å². The number of carbonyl (C=O) groups is 1. The molecule has 0 saturated carbocycles. The van der Waals surface area contributed by atoms with Crippen LogP contribution in [-0.2, 0) is 11.3 Å². The van der Waals surface area contributed by atoms with Crippen molar-refractivity contribution in [3.8, 4) is 5.75 Å². The standard InChI is InChI=1S/C22H28ClN3O4/c1-4-26-15(3)13-18(27)19(21(26)28)20(16-7-6-8-17(23)14-16)24-9-11-25(12-10-24)22(29)30-5-2/h6-8,13-14,20,27H,4-5,9-12H2,1-3H3/t20-/m1/s1. The summed E-state index contributed by atoms with van der Waals surface area (Å²) in [6.07, 6.45) is -0.331. The molecule has 2 aromatic rings. The number of hydrogen-bond donors (Lipinski definition) is 1. The third-order valence-electron chi connectivity index (χ3n) is 5.48. The zero-order valence-electron chi connectivity index (χ0n) is 17.6. The number of nitrogens with zero attached hydrogens (tertiary/aromatic N) is 3. The van der Waals surface area contributed by atoms with E-state index in [1.807, 2.05) is 25.1 Å². The quantitative estimate of drug-likeness (QED) is 0.782. The number of carbonyl (C=O) groups excluding carboxylic acids is 1. The van der Waals surface area contributed by atoms with Crippen LogP contribution in [0.3, 0.4) is 0 Å². The molecule has 1 aliphatic rings. The second-order valence-electron chi connectivity index (χ2n) is 7.31. The summed E-state index contributed by atoms with van der Waals surface area (Å²) in [6, 6.07) is 8.50. The second-order valence-corrected chi connectivity index (χ2v) is 7.75. The Morgan fingerprint density at radius 3 is 2.50 bits per heavy atom. The monoisotopic (exact) mass is 433 g/mol. The highest BCUT2D eigenvalue weighted by molar-refractivity contribution is 6.30. The minimum atomic E-state index is -0.473. The van der Waals surface area contributed by atoms with Crippen molar-refractivity contribution in [3.05, 3.63) is 62.5 Å². The molecule has 1 aromatic heterocycles. The molecule has 1 N–H and O–H groups in total. The van der Waals surface area contributed by atoms with E-state index in [9.17, 15) is 14.7 Å². The maximum Gasteiger partial charge on any atom is 0.409 e. The van der Waals surface area contributed by atoms with E-state index in [1.165, 1.54) is 0 Å². The van der Waals surface area contributed by atoms with Crippen molar-refractivity contribution < 1.29 is 14.6 Å². The molecule has 162 valence electrons. The van der Waals surface area contributed by atoms with Gasteiger partial charge in [0, 0.05) is 43.4 Å². The predicted octanol–water partition coefficient (Wildman–Crippen LogP) is 3.40. The fraction of sp³-hybridized carbons (Fsp3) is 0.455. The molecule has 1 aromatic carbocycles. The van der Waals surface area contributed by atoms with Gasteiger partial charge in [-0.2, -0.15) is 0 Å². The molecule has 2 heterocycles. The summed E-state index contributed by atoms with van der Waals surface area (Å²) < 4.78 is 6.76. The first kappa shape index (κ1) is 22.2. The van der Waals surface area contributed by atoms with Gasteiger partial charge in [-0.25, -0.2) is 4.79 Å². The van der Waals surface area contributed by atoms with Gasteiger partial charge in [0.2, 0.25) is 0 Å². The Morgan fingerprint density at radius 1 is 1.20 bits per heavy atom. The van der Waals surface area contributed by atoms with Gasteiger partial charge in [0.15, 0.2) is 0 Å². The van der Waals surface area contributed by atoms with Crippen molar-refractivity contribution in [3.63, 3.8) is 0 Å². The van der Waals surface area contributed by atoms with Gasteiger partial charge in [0.1, 0.15) is 5.75 Å². The zero-order chi connectivity index (χ0) is 21.8. The highest BCUT2D eigenvalue weighted by Crippen LogP contribution is 2.34. The Morgan fingerprint density at radius 2 is 1.90 bits per heavy atom. The average molecular weight is 434 g/mol. The molecule has 1 amide bonds. The van der Waals surface area contributed by atoms with E-state index >= 15 is 0 Å². The van der Waals surface area contributed by atoms with Crippen LogP contribution in [0.5, 0.6) is 5.75 Å². The predicted molar refractivity (Wildman–Crippen MR) is 116 cm³/mol. The molecule has 1 saturated heterocycles. The van der Waals surface area contributed by atoms with Crippen LogP contribution < -0.4 is 5.56 Å². The van der Waals surface area contributed by atoms with E-state index in [4.69, 9.17) is 16.3 Å². The fourth-order valence-electron chi connectivity index (χ4n) is 4.03. The molecule has 0 aliphatic carbocycles. The summed E-state index contributed by atoms with van der Waals surface area (Å²) >= 11 is 6.24. The Bertz CT molecular complexity index is 967. The Hall–Kier alpha value is -2.51. The van der Waals surface area contributed by atoms with Crippen LogP contribution in [0, 0.1) is 6.92 Å². The number of ether oxygens (including phenoxy) is 1. The SMILES string of the molecule is CCOC(=O)N1CCN([C@H](c2cccc(Cl)c2)c2c(O)cc(C)n(CC)c2=O)CC1. The molecule has 7 nitrogen and oxygen atoms in total. The summed E-state index contributed by atoms with van der Waals surface area (Å²) in [7, 11) is 0. The third kappa shape index (κ3) is 4.47. The Kier molecular flexibility index (Phi) is 7.05. The average Bonchev–Trinajstić information content (AvgIpc) is 2.71. The largest absolute Gasteiger partial charge is 0.507 e. The first-order chi connectivity index (χ1) is 14.4. The van der Waals surface area contributed by atoms with Crippen LogP contribution in [0.1, 0.15) is 36.7 Å². The van der Waals surface area contributed by atoms with Crippen molar-refractivity contribution in [1.29, 1.82) is 0 Å². The third-order valence-corrected chi connectivity index (χ3v) is 5.72. The first-order valence-corrected chi connectivity index (χ1v) is 10.6. The molecule has 1 atom stereocenters. The summed E-state index contributed by atoms with van der Waals surface area (Å²) in [5.41, 5.74) is 1.65. The summed E-state index contributed by atoms with van der Waals surface area (Å²) in [5.74, 6) is -0.0278. The number of aryl methyl sites for hydroxylation is 1. The molecule has 1 fully saturated rings. The van der Waals surface area contributed by atoms with Gasteiger partial charge in [-0.15, -0.1) is 0 Å². The van der Waals surface area contributed by atoms with Gasteiger partial charge in [-0.1, -0.05) is 23.7 Å². The maximum atomic E-state index is 13.3. The number of aromatic hydroxyl groups is 1. The van der Waals surface area contributed by atoms with Gasteiger partial charge >= 0.3 is 6.09 Å². The molecule has 8 heteroatoms. The molecule has 3 rings (SSSR count). The minimum absolute atomic E-state index is 0.0278. The second kappa shape index (κ2) is 9.53. The van der Waals surface area contributed by atoms with Gasteiger partial charge in [-0.3, -0.25) is 9.69 Å². The molecule has 0 bridgehead atoms. The normalized spacial score (nSPS) is 15.8. The van der Waals surface area contributed by atoms with Crippen molar-refractivity contribution in [2.24, 2.45) is 0 Å². The number of amides is 1. The minimum Gasteiger partial charge on any atom is -0.507 e. The maximum absolute atomic E-state index is 13.3. The summed E-state index contributed by atoms with van der Waals surface area (Å²) in [6.45, 7) is 8.36. The lowest BCUT2D eigenvalue weighted by Gasteiger charge is -2.39. The van der Waals surface area contributed by atoms with Crippen LogP contribution in [0.4, 0.5) is 4.79 Å². The van der Waals surface area contributed by atoms with Gasteiger partial charge in [0.05, 0.1) is 18.2 Å². The van der Waals surface area contributed by atoms with Crippen molar-refractivity contribution in [2.75, 3.05) is 32.8 Å². The lowest BCUT2D eigenvalue weighted by atomic mass is 9.96. The zero-order valence-corrected chi connectivity index (χ0v) is 18.4. The summed E-state index contributed by atoms with van der Waals surface area (Å²) in [5, 5.41) is 11.3. The van der Waals surface area contributed by atoms with Crippen molar-refractivity contribution in [2.45, 2.75) is 33.4 Å². The van der Waals surface area contributed by atoms with E-state index < -0.39 is 6.04 Å². The van der Waals surface area contributed by atoms with Crippen molar-refractivity contribution >= 4 is 17.7 Å². The molecule has 30 heavy (non-hydrogen) atoms. The highest BCUT2D eigenvalue weighted by atomic mass is 35.5. The fourth-order valence-corrected chi connectivity index (χ4v) is 4.23. The topological polar surface area (TPSA) is 75.0 Å². The van der Waals surface area contributed by atoms with Crippen LogP contribution in [-0.4, -0.2) is 58.4 Å². The first-order valence-electron chi connectivity index (χ1n) is 10.2. The van der Waals surface area contributed by atoms with Crippen LogP contribution in [0.15, 0.2) is 35.1 Å². The number of benzene rings is 1. The van der Waals surface area contributed by atoms with Crippen LogP contribution in [0.2, 0.25) is 5.02 Å². The van der Waals surface area contributed by atoms with E-state index in [1.54, 1.807) is 35.4 Å². The van der Waals surface area contributed by atoms with Gasteiger partial charge < -0.3 is 19.3 Å². The number of rotatable bonds is 5. The van der Waals surface area contributed by atoms with E-state index in [0.29, 0.717) is 55.6 Å². The van der Waals surface area contributed by atoms with E-state index in [-0.39, 0.29) is 17.4 Å². The molecular formula is C22H28ClN3O4. The van der Waals surface area contributed by atoms with E-state index in [2.05, 4.69) is 4.90 Å². The lowest BCUT2D eigenvalue weighted by Crippen LogP contribution is -2.50. The molecule has 0 radical (unpaired) electrons. The number of halogens is 1. The van der Waals surface area contributed by atoms with Crippen LogP contribution >= 0.6 is 11.6 Å².